The second-order valence-electron chi connectivity index (χ2n) is 10.5. The van der Waals surface area contributed by atoms with E-state index in [0.29, 0.717) is 36.9 Å². The Bertz CT molecular complexity index is 2220. The third kappa shape index (κ3) is 6.27. The van der Waals surface area contributed by atoms with Crippen molar-refractivity contribution in [2.24, 2.45) is 4.99 Å². The minimum atomic E-state index is -0.893. The molecule has 0 fully saturated rings. The number of methoxy groups -OCH3 is 1. The van der Waals surface area contributed by atoms with Crippen LogP contribution in [0.15, 0.2) is 100 Å². The maximum atomic E-state index is 14.3. The Morgan fingerprint density at radius 1 is 1.04 bits per heavy atom. The molecule has 47 heavy (non-hydrogen) atoms. The van der Waals surface area contributed by atoms with Gasteiger partial charge in [0.05, 0.1) is 41.2 Å². The molecule has 5 aromatic rings. The lowest BCUT2D eigenvalue weighted by Gasteiger charge is -2.25. The number of thiazole rings is 1. The van der Waals surface area contributed by atoms with Gasteiger partial charge in [0.2, 0.25) is 0 Å². The van der Waals surface area contributed by atoms with Gasteiger partial charge in [-0.15, -0.1) is 0 Å². The Balaban J connectivity index is 1.56. The highest BCUT2D eigenvalue weighted by atomic mass is 35.5. The lowest BCUT2D eigenvalue weighted by atomic mass is 9.95. The Labute approximate surface area is 278 Å². The number of rotatable bonds is 8. The molecule has 0 saturated carbocycles. The molecule has 238 valence electrons. The Kier molecular flexibility index (Phi) is 8.93. The van der Waals surface area contributed by atoms with Crippen LogP contribution in [0.2, 0.25) is 5.02 Å². The van der Waals surface area contributed by atoms with Crippen LogP contribution < -0.4 is 24.4 Å². The summed E-state index contributed by atoms with van der Waals surface area (Å²) >= 11 is 7.38. The van der Waals surface area contributed by atoms with E-state index in [9.17, 15) is 14.4 Å². The highest BCUT2D eigenvalue weighted by Crippen LogP contribution is 2.36. The van der Waals surface area contributed by atoms with Crippen molar-refractivity contribution in [3.8, 4) is 28.4 Å². The van der Waals surface area contributed by atoms with Gasteiger partial charge in [-0.2, -0.15) is 5.10 Å². The molecule has 12 heteroatoms. The van der Waals surface area contributed by atoms with Crippen molar-refractivity contribution < 1.29 is 23.8 Å². The van der Waals surface area contributed by atoms with E-state index < -0.39 is 18.0 Å². The van der Waals surface area contributed by atoms with Gasteiger partial charge in [-0.1, -0.05) is 59.3 Å². The van der Waals surface area contributed by atoms with Crippen molar-refractivity contribution in [1.29, 1.82) is 0 Å². The summed E-state index contributed by atoms with van der Waals surface area (Å²) in [6.45, 7) is 4.85. The molecular weight excluding hydrogens is 640 g/mol. The summed E-state index contributed by atoms with van der Waals surface area (Å²) in [6, 6.07) is 21.0. The van der Waals surface area contributed by atoms with Crippen molar-refractivity contribution in [3.63, 3.8) is 0 Å². The van der Waals surface area contributed by atoms with E-state index in [-0.39, 0.29) is 29.2 Å². The number of hydrogen-bond donors (Lipinski definition) is 0. The van der Waals surface area contributed by atoms with Crippen LogP contribution in [0.1, 0.15) is 37.9 Å². The fraction of sp³-hybridized carbons (Fsp3) is 0.171. The van der Waals surface area contributed by atoms with Gasteiger partial charge in [0.1, 0.15) is 5.69 Å². The topological polar surface area (TPSA) is 114 Å². The lowest BCUT2D eigenvalue weighted by Crippen LogP contribution is -2.40. The van der Waals surface area contributed by atoms with Gasteiger partial charge in [-0.3, -0.25) is 14.2 Å². The molecule has 6 rings (SSSR count). The molecular formula is C35H29ClN4O6S. The van der Waals surface area contributed by atoms with E-state index in [2.05, 4.69) is 4.99 Å². The largest absolute Gasteiger partial charge is 0.493 e. The minimum Gasteiger partial charge on any atom is -0.493 e. The van der Waals surface area contributed by atoms with Crippen LogP contribution in [0.25, 0.3) is 23.0 Å². The predicted molar refractivity (Wildman–Crippen MR) is 179 cm³/mol. The Morgan fingerprint density at radius 2 is 1.79 bits per heavy atom. The van der Waals surface area contributed by atoms with Crippen LogP contribution >= 0.6 is 22.9 Å². The number of esters is 2. The maximum absolute atomic E-state index is 14.3. The lowest BCUT2D eigenvalue weighted by molar-refractivity contribution is -0.139. The first-order valence-electron chi connectivity index (χ1n) is 14.7. The smallest absolute Gasteiger partial charge is 0.338 e. The zero-order valence-corrected chi connectivity index (χ0v) is 27.5. The van der Waals surface area contributed by atoms with Crippen LogP contribution in [-0.4, -0.2) is 40.0 Å². The second kappa shape index (κ2) is 13.2. The summed E-state index contributed by atoms with van der Waals surface area (Å²) in [5, 5.41) is 5.46. The summed E-state index contributed by atoms with van der Waals surface area (Å²) < 4.78 is 19.8. The molecule has 0 amide bonds. The quantitative estimate of drug-likeness (QED) is 0.164. The van der Waals surface area contributed by atoms with E-state index in [1.165, 1.54) is 29.9 Å². The van der Waals surface area contributed by atoms with Crippen LogP contribution in [-0.2, 0) is 14.3 Å². The molecule has 10 nitrogen and oxygen atoms in total. The second-order valence-corrected chi connectivity index (χ2v) is 12.0. The van der Waals surface area contributed by atoms with Gasteiger partial charge >= 0.3 is 11.9 Å². The summed E-state index contributed by atoms with van der Waals surface area (Å²) in [5.41, 5.74) is 3.85. The molecule has 1 atom stereocenters. The molecule has 3 aromatic carbocycles. The molecule has 0 unspecified atom stereocenters. The Morgan fingerprint density at radius 3 is 2.47 bits per heavy atom. The number of para-hydroxylation sites is 1. The van der Waals surface area contributed by atoms with Gasteiger partial charge in [0, 0.05) is 29.3 Å². The van der Waals surface area contributed by atoms with E-state index in [0.717, 1.165) is 11.3 Å². The number of halogens is 1. The van der Waals surface area contributed by atoms with Crippen LogP contribution in [0.4, 0.5) is 0 Å². The molecule has 2 aromatic heterocycles. The molecule has 0 N–H and O–H groups in total. The van der Waals surface area contributed by atoms with Gasteiger partial charge < -0.3 is 14.2 Å². The first kappa shape index (κ1) is 31.7. The number of nitrogens with zero attached hydrogens (tertiary/aromatic N) is 4. The monoisotopic (exact) mass is 668 g/mol. The first-order chi connectivity index (χ1) is 22.7. The van der Waals surface area contributed by atoms with Gasteiger partial charge in [-0.25, -0.2) is 14.5 Å². The fourth-order valence-corrected chi connectivity index (χ4v) is 6.54. The predicted octanol–water partition coefficient (Wildman–Crippen LogP) is 5.24. The van der Waals surface area contributed by atoms with Crippen molar-refractivity contribution in [3.05, 3.63) is 126 Å². The zero-order valence-electron chi connectivity index (χ0n) is 25.9. The average molecular weight is 669 g/mol. The summed E-state index contributed by atoms with van der Waals surface area (Å²) in [7, 11) is 1.44. The van der Waals surface area contributed by atoms with E-state index in [1.54, 1.807) is 54.9 Å². The van der Waals surface area contributed by atoms with Crippen LogP contribution in [0.3, 0.4) is 0 Å². The SMILES string of the molecule is CCOC(=O)C1=C(C)N=c2s/c(=C\c3cn(-c4ccccc4)nc3-c3ccc(Cl)cc3)c(=O)n2[C@@H]1c1ccc(OC(C)=O)c(OC)c1. The zero-order chi connectivity index (χ0) is 33.2. The van der Waals surface area contributed by atoms with E-state index >= 15 is 0 Å². The molecule has 0 radical (unpaired) electrons. The minimum absolute atomic E-state index is 0.139. The number of carbonyl (C=O) groups is 2. The van der Waals surface area contributed by atoms with Gasteiger partial charge in [0.25, 0.3) is 5.56 Å². The summed E-state index contributed by atoms with van der Waals surface area (Å²) in [6.07, 6.45) is 3.65. The summed E-state index contributed by atoms with van der Waals surface area (Å²) in [4.78, 5) is 44.5. The van der Waals surface area contributed by atoms with Crippen LogP contribution in [0, 0.1) is 0 Å². The van der Waals surface area contributed by atoms with Crippen molar-refractivity contribution in [2.45, 2.75) is 26.8 Å². The third-order valence-electron chi connectivity index (χ3n) is 7.44. The average Bonchev–Trinajstić information content (AvgIpc) is 3.61. The third-order valence-corrected chi connectivity index (χ3v) is 8.68. The number of fused-ring (bicyclic) bond motifs is 1. The van der Waals surface area contributed by atoms with E-state index in [4.69, 9.17) is 30.9 Å². The number of carbonyl (C=O) groups excluding carboxylic acids is 2. The molecule has 3 heterocycles. The van der Waals surface area contributed by atoms with Crippen LogP contribution in [0.5, 0.6) is 11.5 Å². The fourth-order valence-electron chi connectivity index (χ4n) is 5.38. The molecule has 0 spiro atoms. The molecule has 1 aliphatic rings. The number of ether oxygens (including phenoxy) is 3. The highest BCUT2D eigenvalue weighted by molar-refractivity contribution is 7.07. The standard InChI is InChI=1S/C35H29ClN4O6S/c1-5-45-34(43)30-20(2)37-35-40(32(30)23-13-16-27(46-21(3)41)28(17-23)44-4)33(42)29(47-35)18-24-19-39(26-9-7-6-8-10-26)38-31(24)22-11-14-25(36)15-12-22/h6-19,32H,5H2,1-4H3/b29-18-/t32-/m1/s1. The normalized spacial score (nSPS) is 14.4. The molecule has 0 bridgehead atoms. The number of aromatic nitrogens is 3. The molecule has 0 aliphatic carbocycles. The Hall–Kier alpha value is -5.26. The molecule has 0 saturated heterocycles. The number of allylic oxidation sites excluding steroid dienone is 1. The van der Waals surface area contributed by atoms with Gasteiger partial charge in [0.15, 0.2) is 16.3 Å². The summed E-state index contributed by atoms with van der Waals surface area (Å²) in [5.74, 6) is -0.635. The first-order valence-corrected chi connectivity index (χ1v) is 15.8. The van der Waals surface area contributed by atoms with Gasteiger partial charge in [-0.05, 0) is 61.9 Å². The maximum Gasteiger partial charge on any atom is 0.338 e. The van der Waals surface area contributed by atoms with Crippen molar-refractivity contribution in [2.75, 3.05) is 13.7 Å². The number of hydrogen-bond acceptors (Lipinski definition) is 9. The molecule has 1 aliphatic heterocycles. The number of benzene rings is 3. The highest BCUT2D eigenvalue weighted by Gasteiger charge is 2.34. The van der Waals surface area contributed by atoms with Crippen molar-refractivity contribution in [1.82, 2.24) is 14.3 Å². The van der Waals surface area contributed by atoms with Crippen molar-refractivity contribution >= 4 is 41.0 Å². The van der Waals surface area contributed by atoms with E-state index in [1.807, 2.05) is 48.7 Å².